The molecule has 0 saturated carbocycles. The van der Waals surface area contributed by atoms with Crippen molar-refractivity contribution in [3.05, 3.63) is 82.7 Å². The van der Waals surface area contributed by atoms with Crippen molar-refractivity contribution in [2.24, 2.45) is 0 Å². The number of hydrogen-bond donors (Lipinski definition) is 2. The Kier molecular flexibility index (Phi) is 6.51. The van der Waals surface area contributed by atoms with E-state index in [4.69, 9.17) is 9.84 Å². The Morgan fingerprint density at radius 1 is 0.944 bits per heavy atom. The summed E-state index contributed by atoms with van der Waals surface area (Å²) in [5.74, 6) is -1.03. The van der Waals surface area contributed by atoms with Crippen LogP contribution in [-0.4, -0.2) is 31.6 Å². The first-order valence-electron chi connectivity index (χ1n) is 11.5. The SMILES string of the molecule is COc1cc(C(=O)O)ccc1NS(=O)(=O)c1csc(-c2ccc(-c3ccc4c(c3)CCCC4)cc2)n1. The molecule has 0 bridgehead atoms. The lowest BCUT2D eigenvalue weighted by Gasteiger charge is -2.16. The first-order chi connectivity index (χ1) is 17.3. The molecule has 0 amide bonds. The van der Waals surface area contributed by atoms with Gasteiger partial charge >= 0.3 is 5.97 Å². The summed E-state index contributed by atoms with van der Waals surface area (Å²) in [6, 6.07) is 18.5. The number of aryl methyl sites for hydroxylation is 2. The van der Waals surface area contributed by atoms with Crippen molar-refractivity contribution in [3.8, 4) is 27.4 Å². The number of ether oxygens (including phenoxy) is 1. The predicted molar refractivity (Wildman–Crippen MR) is 140 cm³/mol. The number of thiazole rings is 1. The van der Waals surface area contributed by atoms with Crippen molar-refractivity contribution < 1.29 is 23.1 Å². The Hall–Kier alpha value is -3.69. The highest BCUT2D eigenvalue weighted by molar-refractivity contribution is 7.92. The first kappa shape index (κ1) is 24.0. The molecule has 0 fully saturated rings. The van der Waals surface area contributed by atoms with Crippen LogP contribution in [0.2, 0.25) is 0 Å². The average molecular weight is 521 g/mol. The number of rotatable bonds is 7. The minimum Gasteiger partial charge on any atom is -0.495 e. The van der Waals surface area contributed by atoms with Gasteiger partial charge in [0.1, 0.15) is 10.8 Å². The molecular formula is C27H24N2O5S2. The number of carboxylic acid groups (broad SMARTS) is 1. The summed E-state index contributed by atoms with van der Waals surface area (Å²) in [5.41, 5.74) is 6.11. The van der Waals surface area contributed by atoms with Crippen LogP contribution in [0.4, 0.5) is 5.69 Å². The largest absolute Gasteiger partial charge is 0.495 e. The van der Waals surface area contributed by atoms with E-state index in [1.54, 1.807) is 0 Å². The fourth-order valence-electron chi connectivity index (χ4n) is 4.34. The normalized spacial score (nSPS) is 13.1. The van der Waals surface area contributed by atoms with Crippen LogP contribution < -0.4 is 9.46 Å². The number of benzene rings is 3. The molecular weight excluding hydrogens is 496 g/mol. The van der Waals surface area contributed by atoms with E-state index >= 15 is 0 Å². The van der Waals surface area contributed by atoms with Crippen LogP contribution in [-0.2, 0) is 22.9 Å². The number of carboxylic acids is 1. The number of hydrogen-bond acceptors (Lipinski definition) is 6. The van der Waals surface area contributed by atoms with Crippen LogP contribution in [0.25, 0.3) is 21.7 Å². The van der Waals surface area contributed by atoms with Gasteiger partial charge in [-0.3, -0.25) is 4.72 Å². The fourth-order valence-corrected chi connectivity index (χ4v) is 6.51. The summed E-state index contributed by atoms with van der Waals surface area (Å²) in [7, 11) is -2.66. The molecule has 1 aliphatic rings. The van der Waals surface area contributed by atoms with Gasteiger partial charge in [-0.15, -0.1) is 11.3 Å². The number of methoxy groups -OCH3 is 1. The van der Waals surface area contributed by atoms with E-state index in [-0.39, 0.29) is 22.0 Å². The molecule has 4 aromatic rings. The summed E-state index contributed by atoms with van der Waals surface area (Å²) >= 11 is 1.24. The van der Waals surface area contributed by atoms with Gasteiger partial charge in [0.15, 0.2) is 5.03 Å². The van der Waals surface area contributed by atoms with Gasteiger partial charge in [0.2, 0.25) is 0 Å². The third-order valence-corrected chi connectivity index (χ3v) is 8.55. The molecule has 7 nitrogen and oxygen atoms in total. The first-order valence-corrected chi connectivity index (χ1v) is 13.8. The minimum atomic E-state index is -4.00. The minimum absolute atomic E-state index is 0.00965. The van der Waals surface area contributed by atoms with E-state index in [2.05, 4.69) is 27.9 Å². The zero-order valence-corrected chi connectivity index (χ0v) is 21.2. The molecule has 1 aromatic heterocycles. The lowest BCUT2D eigenvalue weighted by Crippen LogP contribution is -2.14. The standard InChI is InChI=1S/C27H24N2O5S2/c1-34-24-15-22(27(30)31)12-13-23(24)29-36(32,33)25-16-35-26(28-25)19-9-6-18(7-10-19)21-11-8-17-4-2-3-5-20(17)14-21/h6-16,29H,2-5H2,1H3,(H,30,31). The number of nitrogens with zero attached hydrogens (tertiary/aromatic N) is 1. The smallest absolute Gasteiger partial charge is 0.335 e. The maximum Gasteiger partial charge on any atom is 0.335 e. The quantitative estimate of drug-likeness (QED) is 0.316. The Morgan fingerprint density at radius 2 is 1.64 bits per heavy atom. The molecule has 0 aliphatic heterocycles. The number of aromatic nitrogens is 1. The zero-order chi connectivity index (χ0) is 25.3. The third-order valence-electron chi connectivity index (χ3n) is 6.26. The molecule has 0 saturated heterocycles. The van der Waals surface area contributed by atoms with E-state index in [1.165, 1.54) is 71.6 Å². The Morgan fingerprint density at radius 3 is 2.36 bits per heavy atom. The highest BCUT2D eigenvalue weighted by Gasteiger charge is 2.21. The second kappa shape index (κ2) is 9.75. The maximum atomic E-state index is 13.0. The van der Waals surface area contributed by atoms with Crippen molar-refractivity contribution in [3.63, 3.8) is 0 Å². The summed E-state index contributed by atoms with van der Waals surface area (Å²) in [4.78, 5) is 15.5. The molecule has 0 unspecified atom stereocenters. The molecule has 0 atom stereocenters. The molecule has 2 N–H and O–H groups in total. The van der Waals surface area contributed by atoms with Crippen LogP contribution in [0, 0.1) is 0 Å². The van der Waals surface area contributed by atoms with Gasteiger partial charge in [-0.05, 0) is 66.1 Å². The fraction of sp³-hybridized carbons (Fsp3) is 0.185. The Bertz CT molecular complexity index is 1540. The van der Waals surface area contributed by atoms with E-state index < -0.39 is 16.0 Å². The van der Waals surface area contributed by atoms with Gasteiger partial charge in [-0.25, -0.2) is 9.78 Å². The van der Waals surface area contributed by atoms with Crippen molar-refractivity contribution in [1.82, 2.24) is 4.98 Å². The lowest BCUT2D eigenvalue weighted by atomic mass is 9.89. The van der Waals surface area contributed by atoms with E-state index in [1.807, 2.05) is 24.3 Å². The molecule has 5 rings (SSSR count). The van der Waals surface area contributed by atoms with Crippen molar-refractivity contribution in [2.45, 2.75) is 30.7 Å². The Labute approximate surface area is 213 Å². The molecule has 9 heteroatoms. The zero-order valence-electron chi connectivity index (χ0n) is 19.5. The van der Waals surface area contributed by atoms with E-state index in [9.17, 15) is 13.2 Å². The van der Waals surface area contributed by atoms with Crippen LogP contribution in [0.1, 0.15) is 34.3 Å². The van der Waals surface area contributed by atoms with E-state index in [0.717, 1.165) is 24.0 Å². The topological polar surface area (TPSA) is 106 Å². The van der Waals surface area contributed by atoms with E-state index in [0.29, 0.717) is 5.01 Å². The molecule has 0 radical (unpaired) electrons. The van der Waals surface area contributed by atoms with Gasteiger partial charge in [0.25, 0.3) is 10.0 Å². The van der Waals surface area contributed by atoms with Crippen molar-refractivity contribution >= 4 is 33.0 Å². The molecule has 3 aromatic carbocycles. The highest BCUT2D eigenvalue weighted by atomic mass is 32.2. The highest BCUT2D eigenvalue weighted by Crippen LogP contribution is 2.32. The van der Waals surface area contributed by atoms with Crippen LogP contribution in [0.5, 0.6) is 5.75 Å². The average Bonchev–Trinajstić information content (AvgIpc) is 3.40. The van der Waals surface area contributed by atoms with Crippen molar-refractivity contribution in [2.75, 3.05) is 11.8 Å². The van der Waals surface area contributed by atoms with Crippen molar-refractivity contribution in [1.29, 1.82) is 0 Å². The van der Waals surface area contributed by atoms with Crippen LogP contribution in [0.3, 0.4) is 0 Å². The maximum absolute atomic E-state index is 13.0. The molecule has 1 heterocycles. The number of carbonyl (C=O) groups is 1. The van der Waals surface area contributed by atoms with Gasteiger partial charge < -0.3 is 9.84 Å². The summed E-state index contributed by atoms with van der Waals surface area (Å²) in [6.07, 6.45) is 4.77. The second-order valence-corrected chi connectivity index (χ2v) is 11.1. The lowest BCUT2D eigenvalue weighted by molar-refractivity contribution is 0.0696. The van der Waals surface area contributed by atoms with Gasteiger partial charge in [0, 0.05) is 10.9 Å². The summed E-state index contributed by atoms with van der Waals surface area (Å²) in [6.45, 7) is 0. The number of nitrogens with one attached hydrogen (secondary N) is 1. The van der Waals surface area contributed by atoms with Gasteiger partial charge in [0.05, 0.1) is 18.4 Å². The number of aromatic carboxylic acids is 1. The van der Waals surface area contributed by atoms with Gasteiger partial charge in [-0.2, -0.15) is 8.42 Å². The molecule has 184 valence electrons. The second-order valence-electron chi connectivity index (χ2n) is 8.58. The number of sulfonamides is 1. The number of fused-ring (bicyclic) bond motifs is 1. The predicted octanol–water partition coefficient (Wildman–Crippen LogP) is 5.86. The molecule has 36 heavy (non-hydrogen) atoms. The monoisotopic (exact) mass is 520 g/mol. The molecule has 0 spiro atoms. The van der Waals surface area contributed by atoms with Crippen LogP contribution >= 0.6 is 11.3 Å². The van der Waals surface area contributed by atoms with Crippen LogP contribution in [0.15, 0.2) is 71.1 Å². The summed E-state index contributed by atoms with van der Waals surface area (Å²) in [5, 5.41) is 11.1. The summed E-state index contributed by atoms with van der Waals surface area (Å²) < 4.78 is 33.5. The number of anilines is 1. The molecule has 1 aliphatic carbocycles. The third kappa shape index (κ3) is 4.84. The Balaban J connectivity index is 1.36. The van der Waals surface area contributed by atoms with Gasteiger partial charge in [-0.1, -0.05) is 42.5 Å².